The first-order valence-electron chi connectivity index (χ1n) is 12.2. The average molecular weight is 476 g/mol. The van der Waals surface area contributed by atoms with Crippen LogP contribution in [-0.2, 0) is 11.3 Å². The Morgan fingerprint density at radius 2 is 1.56 bits per heavy atom. The third kappa shape index (κ3) is 3.25. The van der Waals surface area contributed by atoms with Gasteiger partial charge in [0, 0.05) is 72.0 Å². The highest BCUT2D eigenvalue weighted by atomic mass is 16.2. The second-order valence-electron chi connectivity index (χ2n) is 9.48. The molecule has 1 amide bonds. The zero-order chi connectivity index (χ0) is 24.2. The molecule has 0 spiro atoms. The molecule has 1 aliphatic heterocycles. The normalized spacial score (nSPS) is 15.0. The van der Waals surface area contributed by atoms with E-state index < -0.39 is 0 Å². The molecule has 36 heavy (non-hydrogen) atoms. The minimum atomic E-state index is 0.147. The van der Waals surface area contributed by atoms with Gasteiger partial charge in [0.1, 0.15) is 12.4 Å². The molecule has 0 aliphatic carbocycles. The van der Waals surface area contributed by atoms with Crippen LogP contribution in [0.5, 0.6) is 0 Å². The summed E-state index contributed by atoms with van der Waals surface area (Å²) >= 11 is 0. The highest BCUT2D eigenvalue weighted by Gasteiger charge is 2.22. The van der Waals surface area contributed by atoms with Gasteiger partial charge in [-0.3, -0.25) is 14.8 Å². The number of para-hydroxylation sites is 1. The fraction of sp³-hybridized carbons (Fsp3) is 0.214. The number of pyridine rings is 2. The van der Waals surface area contributed by atoms with Gasteiger partial charge in [0.2, 0.25) is 5.91 Å². The molecule has 7 rings (SSSR count). The molecular formula is C28H25N7O. The van der Waals surface area contributed by atoms with Crippen molar-refractivity contribution in [3.05, 3.63) is 67.1 Å². The zero-order valence-corrected chi connectivity index (χ0v) is 20.0. The van der Waals surface area contributed by atoms with Crippen LogP contribution in [-0.4, -0.2) is 73.4 Å². The summed E-state index contributed by atoms with van der Waals surface area (Å²) in [5.74, 6) is 0.919. The highest BCUT2D eigenvalue weighted by molar-refractivity contribution is 6.21. The number of imidazole rings is 1. The van der Waals surface area contributed by atoms with E-state index in [1.807, 2.05) is 35.2 Å². The fourth-order valence-corrected chi connectivity index (χ4v) is 5.34. The quantitative estimate of drug-likeness (QED) is 0.391. The molecule has 1 N–H and O–H groups in total. The summed E-state index contributed by atoms with van der Waals surface area (Å²) < 4.78 is 2.05. The monoisotopic (exact) mass is 475 g/mol. The molecule has 8 heteroatoms. The van der Waals surface area contributed by atoms with E-state index in [1.165, 1.54) is 0 Å². The van der Waals surface area contributed by atoms with Crippen molar-refractivity contribution in [2.45, 2.75) is 6.54 Å². The van der Waals surface area contributed by atoms with Crippen LogP contribution in [0.2, 0.25) is 0 Å². The number of carbonyl (C=O) groups is 1. The first kappa shape index (κ1) is 21.0. The van der Waals surface area contributed by atoms with E-state index in [0.29, 0.717) is 6.54 Å². The van der Waals surface area contributed by atoms with Crippen molar-refractivity contribution < 1.29 is 4.79 Å². The maximum atomic E-state index is 13.1. The van der Waals surface area contributed by atoms with Crippen LogP contribution in [0.3, 0.4) is 0 Å². The number of hydrogen-bond donors (Lipinski definition) is 1. The molecule has 1 saturated heterocycles. The summed E-state index contributed by atoms with van der Waals surface area (Å²) in [6.45, 7) is 3.67. The second-order valence-corrected chi connectivity index (χ2v) is 9.48. The second kappa shape index (κ2) is 8.13. The first-order chi connectivity index (χ1) is 17.7. The van der Waals surface area contributed by atoms with Gasteiger partial charge in [0.05, 0.1) is 22.1 Å². The summed E-state index contributed by atoms with van der Waals surface area (Å²) in [6, 6.07) is 16.2. The minimum absolute atomic E-state index is 0.147. The third-order valence-corrected chi connectivity index (χ3v) is 7.27. The Bertz CT molecular complexity index is 1700. The lowest BCUT2D eigenvalue weighted by molar-refractivity contribution is -0.133. The lowest BCUT2D eigenvalue weighted by atomic mass is 10.1. The molecule has 0 bridgehead atoms. The predicted molar refractivity (Wildman–Crippen MR) is 142 cm³/mol. The summed E-state index contributed by atoms with van der Waals surface area (Å²) in [5.41, 5.74) is 5.52. The Kier molecular flexibility index (Phi) is 4.75. The number of piperazine rings is 1. The number of amides is 1. The molecule has 178 valence electrons. The SMILES string of the molecule is CN1CCN(C(=O)Cn2cc(-c3nc4c5cccnc5c5ncccc5c4[nH]3)c3ccccc32)CC1. The van der Waals surface area contributed by atoms with Gasteiger partial charge in [0.25, 0.3) is 0 Å². The molecule has 2 aromatic carbocycles. The van der Waals surface area contributed by atoms with Gasteiger partial charge in [-0.05, 0) is 37.4 Å². The van der Waals surface area contributed by atoms with Crippen molar-refractivity contribution in [1.29, 1.82) is 0 Å². The maximum absolute atomic E-state index is 13.1. The van der Waals surface area contributed by atoms with Crippen molar-refractivity contribution >= 4 is 49.6 Å². The lowest BCUT2D eigenvalue weighted by Gasteiger charge is -2.32. The van der Waals surface area contributed by atoms with E-state index in [-0.39, 0.29) is 5.91 Å². The van der Waals surface area contributed by atoms with Gasteiger partial charge >= 0.3 is 0 Å². The first-order valence-corrected chi connectivity index (χ1v) is 12.2. The number of carbonyl (C=O) groups excluding carboxylic acids is 1. The zero-order valence-electron chi connectivity index (χ0n) is 20.0. The fourth-order valence-electron chi connectivity index (χ4n) is 5.34. The number of nitrogens with one attached hydrogen (secondary N) is 1. The summed E-state index contributed by atoms with van der Waals surface area (Å²) in [5, 5.41) is 3.02. The number of aromatic amines is 1. The standard InChI is InChI=1S/C28H25N7O/c1-33-12-14-34(15-13-33)23(36)17-35-16-21(18-6-2-3-9-22(18)35)28-31-26-19-7-4-10-29-24(19)25-20(27(26)32-28)8-5-11-30-25/h2-11,16H,12-15,17H2,1H3,(H,31,32). The van der Waals surface area contributed by atoms with E-state index in [9.17, 15) is 4.79 Å². The molecule has 1 aliphatic rings. The molecular weight excluding hydrogens is 450 g/mol. The van der Waals surface area contributed by atoms with Crippen LogP contribution in [0.4, 0.5) is 0 Å². The van der Waals surface area contributed by atoms with Gasteiger partial charge in [-0.15, -0.1) is 0 Å². The van der Waals surface area contributed by atoms with E-state index in [2.05, 4.69) is 55.9 Å². The lowest BCUT2D eigenvalue weighted by Crippen LogP contribution is -2.48. The van der Waals surface area contributed by atoms with E-state index in [1.54, 1.807) is 12.4 Å². The minimum Gasteiger partial charge on any atom is -0.339 e. The van der Waals surface area contributed by atoms with E-state index in [4.69, 9.17) is 4.98 Å². The Morgan fingerprint density at radius 3 is 2.36 bits per heavy atom. The topological polar surface area (TPSA) is 82.9 Å². The predicted octanol–water partition coefficient (Wildman–Crippen LogP) is 4.06. The summed E-state index contributed by atoms with van der Waals surface area (Å²) in [7, 11) is 2.10. The average Bonchev–Trinajstić information content (AvgIpc) is 3.52. The number of likely N-dealkylation sites (N-methyl/N-ethyl adjacent to an activating group) is 1. The molecule has 1 fully saturated rings. The van der Waals surface area contributed by atoms with Crippen LogP contribution in [0.1, 0.15) is 0 Å². The van der Waals surface area contributed by atoms with Crippen molar-refractivity contribution in [3.63, 3.8) is 0 Å². The third-order valence-electron chi connectivity index (χ3n) is 7.27. The van der Waals surface area contributed by atoms with Gasteiger partial charge in [-0.2, -0.15) is 0 Å². The maximum Gasteiger partial charge on any atom is 0.242 e. The molecule has 8 nitrogen and oxygen atoms in total. The molecule has 0 saturated carbocycles. The summed E-state index contributed by atoms with van der Waals surface area (Å²) in [4.78, 5) is 35.2. The molecule has 4 aromatic heterocycles. The van der Waals surface area contributed by atoms with Crippen molar-refractivity contribution in [1.82, 2.24) is 34.3 Å². The van der Waals surface area contributed by atoms with Crippen molar-refractivity contribution in [2.24, 2.45) is 0 Å². The van der Waals surface area contributed by atoms with Crippen LogP contribution in [0.25, 0.3) is 55.1 Å². The molecule has 5 heterocycles. The van der Waals surface area contributed by atoms with Gasteiger partial charge in [-0.25, -0.2) is 4.98 Å². The number of hydrogen-bond acceptors (Lipinski definition) is 5. The number of nitrogens with zero attached hydrogens (tertiary/aromatic N) is 6. The molecule has 0 radical (unpaired) electrons. The number of benzene rings is 2. The number of aromatic nitrogens is 5. The highest BCUT2D eigenvalue weighted by Crippen LogP contribution is 2.35. The van der Waals surface area contributed by atoms with Gasteiger partial charge in [0.15, 0.2) is 0 Å². The smallest absolute Gasteiger partial charge is 0.242 e. The van der Waals surface area contributed by atoms with Gasteiger partial charge in [-0.1, -0.05) is 18.2 Å². The Hall–Kier alpha value is -4.30. The Morgan fingerprint density at radius 1 is 0.861 bits per heavy atom. The van der Waals surface area contributed by atoms with Crippen LogP contribution in [0, 0.1) is 0 Å². The number of rotatable bonds is 3. The molecule has 0 atom stereocenters. The Labute approximate surface area is 207 Å². The van der Waals surface area contributed by atoms with E-state index in [0.717, 1.165) is 81.3 Å². The van der Waals surface area contributed by atoms with Gasteiger partial charge < -0.3 is 19.4 Å². The Balaban J connectivity index is 1.37. The van der Waals surface area contributed by atoms with Crippen LogP contribution < -0.4 is 0 Å². The van der Waals surface area contributed by atoms with Crippen molar-refractivity contribution in [2.75, 3.05) is 33.2 Å². The molecule has 0 unspecified atom stereocenters. The van der Waals surface area contributed by atoms with E-state index >= 15 is 0 Å². The largest absolute Gasteiger partial charge is 0.339 e. The number of H-pyrrole nitrogens is 1. The summed E-state index contributed by atoms with van der Waals surface area (Å²) in [6.07, 6.45) is 5.64. The van der Waals surface area contributed by atoms with Crippen molar-refractivity contribution in [3.8, 4) is 11.4 Å². The van der Waals surface area contributed by atoms with Crippen LogP contribution >= 0.6 is 0 Å². The number of fused-ring (bicyclic) bond motifs is 7. The molecule has 6 aromatic rings. The van der Waals surface area contributed by atoms with Crippen LogP contribution in [0.15, 0.2) is 67.1 Å².